The lowest BCUT2D eigenvalue weighted by Gasteiger charge is -2.22. The number of anilines is 2. The highest BCUT2D eigenvalue weighted by Crippen LogP contribution is 2.31. The van der Waals surface area contributed by atoms with Crippen molar-refractivity contribution in [1.82, 2.24) is 0 Å². The van der Waals surface area contributed by atoms with E-state index in [9.17, 15) is 5.11 Å². The van der Waals surface area contributed by atoms with E-state index in [0.29, 0.717) is 0 Å². The minimum atomic E-state index is -0.586. The lowest BCUT2D eigenvalue weighted by Crippen LogP contribution is -2.21. The third kappa shape index (κ3) is 5.74. The van der Waals surface area contributed by atoms with Gasteiger partial charge >= 0.3 is 0 Å². The Hall–Kier alpha value is -3.11. The molecule has 1 aliphatic rings. The summed E-state index contributed by atoms with van der Waals surface area (Å²) in [7, 11) is 0. The Morgan fingerprint density at radius 3 is 1.90 bits per heavy atom. The van der Waals surface area contributed by atoms with E-state index in [1.807, 2.05) is 19.1 Å². The molecule has 2 N–H and O–H groups in total. The predicted molar refractivity (Wildman–Crippen MR) is 134 cm³/mol. The summed E-state index contributed by atoms with van der Waals surface area (Å²) in [6.45, 7) is 10.9. The van der Waals surface area contributed by atoms with Crippen LogP contribution in [0.4, 0.5) is 11.4 Å². The first-order valence-corrected chi connectivity index (χ1v) is 11.1. The number of allylic oxidation sites excluding steroid dienone is 5. The maximum Gasteiger partial charge on any atom is 0.121 e. The molecule has 1 atom stereocenters. The van der Waals surface area contributed by atoms with E-state index in [2.05, 4.69) is 89.8 Å². The molecule has 0 saturated carbocycles. The second kappa shape index (κ2) is 10.8. The Labute approximate surface area is 186 Å². The summed E-state index contributed by atoms with van der Waals surface area (Å²) in [5.41, 5.74) is 7.77. The molecular weight excluding hydrogens is 382 g/mol. The first-order valence-electron chi connectivity index (χ1n) is 11.1. The van der Waals surface area contributed by atoms with Crippen molar-refractivity contribution in [3.63, 3.8) is 0 Å². The van der Waals surface area contributed by atoms with E-state index in [1.54, 1.807) is 6.92 Å². The first-order chi connectivity index (χ1) is 15.0. The molecule has 1 unspecified atom stereocenters. The molecule has 0 aromatic heterocycles. The van der Waals surface area contributed by atoms with Crippen molar-refractivity contribution < 1.29 is 5.11 Å². The molecule has 2 aromatic rings. The fraction of sp³-hybridized carbons (Fsp3) is 0.296. The van der Waals surface area contributed by atoms with E-state index in [-0.39, 0.29) is 0 Å². The van der Waals surface area contributed by atoms with Gasteiger partial charge in [0.15, 0.2) is 0 Å². The number of hydrogen-bond acceptors (Lipinski definition) is 4. The predicted octanol–water partition coefficient (Wildman–Crippen LogP) is 5.67. The average Bonchev–Trinajstić information content (AvgIpc) is 2.78. The van der Waals surface area contributed by atoms with Crippen LogP contribution >= 0.6 is 0 Å². The van der Waals surface area contributed by atoms with Gasteiger partial charge in [0.1, 0.15) is 6.23 Å². The highest BCUT2D eigenvalue weighted by Gasteiger charge is 2.12. The molecule has 0 aliphatic heterocycles. The Morgan fingerprint density at radius 1 is 0.871 bits per heavy atom. The van der Waals surface area contributed by atoms with Crippen LogP contribution in [-0.4, -0.2) is 36.7 Å². The SMILES string of the molecule is CCN=C1C=CC(=C(c2ccc(NC(C)O)cc2)c2ccc(N(CC)CC)cc2)C=C1. The molecule has 3 rings (SSSR count). The van der Waals surface area contributed by atoms with Crippen LogP contribution in [0.3, 0.4) is 0 Å². The molecule has 0 spiro atoms. The van der Waals surface area contributed by atoms with Gasteiger partial charge in [0.05, 0.1) is 5.71 Å². The summed E-state index contributed by atoms with van der Waals surface area (Å²) in [6, 6.07) is 17.0. The number of aliphatic imine (C=N–C) groups is 1. The van der Waals surface area contributed by atoms with Crippen molar-refractivity contribution in [2.45, 2.75) is 33.9 Å². The van der Waals surface area contributed by atoms with E-state index < -0.39 is 6.23 Å². The molecule has 162 valence electrons. The van der Waals surface area contributed by atoms with E-state index in [1.165, 1.54) is 16.8 Å². The summed E-state index contributed by atoms with van der Waals surface area (Å²) in [6.07, 6.45) is 7.85. The number of nitrogens with zero attached hydrogens (tertiary/aromatic N) is 2. The summed E-state index contributed by atoms with van der Waals surface area (Å²) in [4.78, 5) is 6.84. The maximum absolute atomic E-state index is 9.59. The Balaban J connectivity index is 2.04. The number of aliphatic hydroxyl groups is 1. The van der Waals surface area contributed by atoms with Crippen LogP contribution in [0.1, 0.15) is 38.8 Å². The zero-order valence-corrected chi connectivity index (χ0v) is 19.0. The van der Waals surface area contributed by atoms with Gasteiger partial charge < -0.3 is 15.3 Å². The van der Waals surface area contributed by atoms with E-state index in [0.717, 1.165) is 42.2 Å². The second-order valence-corrected chi connectivity index (χ2v) is 7.51. The molecule has 31 heavy (non-hydrogen) atoms. The van der Waals surface area contributed by atoms with E-state index >= 15 is 0 Å². The largest absolute Gasteiger partial charge is 0.374 e. The van der Waals surface area contributed by atoms with Crippen molar-refractivity contribution >= 4 is 22.7 Å². The third-order valence-electron chi connectivity index (χ3n) is 5.33. The van der Waals surface area contributed by atoms with Crippen LogP contribution in [-0.2, 0) is 0 Å². The molecule has 0 radical (unpaired) electrons. The monoisotopic (exact) mass is 415 g/mol. The summed E-state index contributed by atoms with van der Waals surface area (Å²) in [5, 5.41) is 12.6. The number of nitrogens with one attached hydrogen (secondary N) is 1. The van der Waals surface area contributed by atoms with Crippen LogP contribution in [0.2, 0.25) is 0 Å². The Morgan fingerprint density at radius 2 is 1.42 bits per heavy atom. The average molecular weight is 416 g/mol. The van der Waals surface area contributed by atoms with Gasteiger partial charge in [-0.15, -0.1) is 0 Å². The number of benzene rings is 2. The van der Waals surface area contributed by atoms with Crippen LogP contribution < -0.4 is 10.2 Å². The van der Waals surface area contributed by atoms with Gasteiger partial charge in [-0.1, -0.05) is 36.4 Å². The minimum Gasteiger partial charge on any atom is -0.374 e. The maximum atomic E-state index is 9.59. The van der Waals surface area contributed by atoms with Crippen LogP contribution in [0.15, 0.2) is 83.4 Å². The fourth-order valence-electron chi connectivity index (χ4n) is 3.82. The van der Waals surface area contributed by atoms with Crippen LogP contribution in [0.5, 0.6) is 0 Å². The molecule has 0 heterocycles. The fourth-order valence-corrected chi connectivity index (χ4v) is 3.82. The third-order valence-corrected chi connectivity index (χ3v) is 5.33. The van der Waals surface area contributed by atoms with Gasteiger partial charge in [-0.2, -0.15) is 0 Å². The van der Waals surface area contributed by atoms with Gasteiger partial charge in [-0.3, -0.25) is 4.99 Å². The van der Waals surface area contributed by atoms with Gasteiger partial charge in [0.2, 0.25) is 0 Å². The van der Waals surface area contributed by atoms with Gasteiger partial charge in [0, 0.05) is 31.0 Å². The Bertz CT molecular complexity index is 958. The highest BCUT2D eigenvalue weighted by atomic mass is 16.3. The first kappa shape index (κ1) is 22.6. The standard InChI is InChI=1S/C27H33N3O/c1-5-28-24-14-8-21(9-15-24)27(22-10-16-25(17-11-22)29-20(4)31)23-12-18-26(19-13-23)30(6-2)7-3/h8-20,29,31H,5-7H2,1-4H3. The van der Waals surface area contributed by atoms with Crippen LogP contribution in [0, 0.1) is 0 Å². The van der Waals surface area contributed by atoms with Crippen molar-refractivity contribution in [2.24, 2.45) is 4.99 Å². The lowest BCUT2D eigenvalue weighted by molar-refractivity contribution is 0.224. The summed E-state index contributed by atoms with van der Waals surface area (Å²) >= 11 is 0. The molecule has 1 aliphatic carbocycles. The van der Waals surface area contributed by atoms with E-state index in [4.69, 9.17) is 0 Å². The number of hydrogen-bond donors (Lipinski definition) is 2. The quantitative estimate of drug-likeness (QED) is 0.546. The molecule has 2 aromatic carbocycles. The number of aliphatic hydroxyl groups excluding tert-OH is 1. The zero-order chi connectivity index (χ0) is 22.2. The highest BCUT2D eigenvalue weighted by molar-refractivity contribution is 6.07. The molecule has 4 heteroatoms. The van der Waals surface area contributed by atoms with Crippen molar-refractivity contribution in [1.29, 1.82) is 0 Å². The van der Waals surface area contributed by atoms with Crippen molar-refractivity contribution in [3.05, 3.63) is 89.5 Å². The topological polar surface area (TPSA) is 47.9 Å². The molecule has 0 saturated heterocycles. The Kier molecular flexibility index (Phi) is 7.85. The van der Waals surface area contributed by atoms with Gasteiger partial charge in [-0.25, -0.2) is 0 Å². The molecule has 0 fully saturated rings. The van der Waals surface area contributed by atoms with Gasteiger partial charge in [0.25, 0.3) is 0 Å². The molecule has 0 bridgehead atoms. The second-order valence-electron chi connectivity index (χ2n) is 7.51. The summed E-state index contributed by atoms with van der Waals surface area (Å²) in [5.74, 6) is 0. The minimum absolute atomic E-state index is 0.586. The smallest absolute Gasteiger partial charge is 0.121 e. The zero-order valence-electron chi connectivity index (χ0n) is 19.0. The van der Waals surface area contributed by atoms with Crippen molar-refractivity contribution in [3.8, 4) is 0 Å². The van der Waals surface area contributed by atoms with Gasteiger partial charge in [-0.05, 0) is 86.4 Å². The molecule has 4 nitrogen and oxygen atoms in total. The normalized spacial score (nSPS) is 13.8. The number of rotatable bonds is 8. The summed E-state index contributed by atoms with van der Waals surface area (Å²) < 4.78 is 0. The lowest BCUT2D eigenvalue weighted by atomic mass is 9.90. The molecule has 0 amide bonds. The van der Waals surface area contributed by atoms with Crippen LogP contribution in [0.25, 0.3) is 5.57 Å². The molecular formula is C27H33N3O. The van der Waals surface area contributed by atoms with Crippen molar-refractivity contribution in [2.75, 3.05) is 29.9 Å².